The minimum atomic E-state index is -3.69. The van der Waals surface area contributed by atoms with Crippen molar-refractivity contribution in [2.45, 2.75) is 4.90 Å². The topological polar surface area (TPSA) is 81.4 Å². The fourth-order valence-electron chi connectivity index (χ4n) is 1.08. The van der Waals surface area contributed by atoms with Gasteiger partial charge in [0.2, 0.25) is 10.0 Å². The number of nitrogen functional groups attached to an aromatic ring is 1. The normalized spacial score (nSPS) is 11.4. The molecule has 0 aliphatic carbocycles. The van der Waals surface area contributed by atoms with E-state index in [1.807, 2.05) is 0 Å². The van der Waals surface area contributed by atoms with E-state index in [-0.39, 0.29) is 16.3 Å². The Labute approximate surface area is 87.1 Å². The molecule has 0 heterocycles. The van der Waals surface area contributed by atoms with Gasteiger partial charge in [-0.1, -0.05) is 0 Å². The summed E-state index contributed by atoms with van der Waals surface area (Å²) in [7, 11) is -1.21. The highest BCUT2D eigenvalue weighted by atomic mass is 32.2. The van der Waals surface area contributed by atoms with Gasteiger partial charge in [-0.2, -0.15) is 0 Å². The first-order valence-corrected chi connectivity index (χ1v) is 5.47. The zero-order valence-corrected chi connectivity index (χ0v) is 9.06. The van der Waals surface area contributed by atoms with E-state index in [0.717, 1.165) is 12.1 Å². The van der Waals surface area contributed by atoms with Gasteiger partial charge < -0.3 is 10.5 Å². The largest absolute Gasteiger partial charge is 0.492 e. The van der Waals surface area contributed by atoms with Crippen LogP contribution in [0, 0.1) is 5.82 Å². The highest BCUT2D eigenvalue weighted by Crippen LogP contribution is 2.28. The summed E-state index contributed by atoms with van der Waals surface area (Å²) in [4.78, 5) is -0.235. The van der Waals surface area contributed by atoms with Gasteiger partial charge in [-0.15, -0.1) is 0 Å². The second-order valence-electron chi connectivity index (χ2n) is 2.74. The molecule has 84 valence electrons. The fourth-order valence-corrected chi connectivity index (χ4v) is 1.85. The number of benzene rings is 1. The number of methoxy groups -OCH3 is 1. The van der Waals surface area contributed by atoms with Gasteiger partial charge in [0, 0.05) is 0 Å². The van der Waals surface area contributed by atoms with Crippen LogP contribution < -0.4 is 15.2 Å². The van der Waals surface area contributed by atoms with Crippen LogP contribution in [0.4, 0.5) is 10.1 Å². The van der Waals surface area contributed by atoms with Crippen molar-refractivity contribution in [3.63, 3.8) is 0 Å². The number of hydrogen-bond donors (Lipinski definition) is 2. The smallest absolute Gasteiger partial charge is 0.240 e. The van der Waals surface area contributed by atoms with Crippen LogP contribution in [0.15, 0.2) is 17.0 Å². The van der Waals surface area contributed by atoms with Crippen molar-refractivity contribution in [2.24, 2.45) is 0 Å². The van der Waals surface area contributed by atoms with Crippen LogP contribution in [0.25, 0.3) is 0 Å². The summed E-state index contributed by atoms with van der Waals surface area (Å²) in [6, 6.07) is 1.98. The number of sulfonamides is 1. The van der Waals surface area contributed by atoms with Gasteiger partial charge in [0.15, 0.2) is 11.6 Å². The van der Waals surface area contributed by atoms with Crippen LogP contribution in [0.1, 0.15) is 0 Å². The molecular formula is C8H11FN2O3S. The molecule has 5 nitrogen and oxygen atoms in total. The molecule has 0 saturated carbocycles. The van der Waals surface area contributed by atoms with Crippen molar-refractivity contribution in [1.29, 1.82) is 0 Å². The van der Waals surface area contributed by atoms with E-state index >= 15 is 0 Å². The average molecular weight is 234 g/mol. The Morgan fingerprint density at radius 3 is 2.47 bits per heavy atom. The standard InChI is InChI=1S/C8H11FN2O3S/c1-11-15(12,13)5-3-6(9)8(14-2)7(10)4-5/h3-4,11H,10H2,1-2H3. The summed E-state index contributed by atoms with van der Waals surface area (Å²) < 4.78 is 42.7. The minimum Gasteiger partial charge on any atom is -0.492 e. The Kier molecular flexibility index (Phi) is 3.15. The van der Waals surface area contributed by atoms with Crippen molar-refractivity contribution in [3.8, 4) is 5.75 Å². The molecule has 7 heteroatoms. The molecule has 1 aromatic rings. The number of nitrogens with two attached hydrogens (primary N) is 1. The zero-order valence-electron chi connectivity index (χ0n) is 8.24. The maximum Gasteiger partial charge on any atom is 0.240 e. The van der Waals surface area contributed by atoms with Crippen molar-refractivity contribution in [3.05, 3.63) is 17.9 Å². The summed E-state index contributed by atoms with van der Waals surface area (Å²) in [6.45, 7) is 0. The van der Waals surface area contributed by atoms with Gasteiger partial charge in [0.25, 0.3) is 0 Å². The Hall–Kier alpha value is -1.34. The average Bonchev–Trinajstić information content (AvgIpc) is 2.17. The predicted octanol–water partition coefficient (Wildman–Crippen LogP) is 0.325. The van der Waals surface area contributed by atoms with E-state index in [4.69, 9.17) is 5.73 Å². The van der Waals surface area contributed by atoms with Crippen LogP contribution in [0.5, 0.6) is 5.75 Å². The Morgan fingerprint density at radius 1 is 1.47 bits per heavy atom. The molecule has 0 bridgehead atoms. The molecule has 0 saturated heterocycles. The van der Waals surface area contributed by atoms with Crippen molar-refractivity contribution < 1.29 is 17.5 Å². The van der Waals surface area contributed by atoms with E-state index < -0.39 is 15.8 Å². The minimum absolute atomic E-state index is 0.0636. The van der Waals surface area contributed by atoms with Crippen LogP contribution >= 0.6 is 0 Å². The first kappa shape index (κ1) is 11.7. The van der Waals surface area contributed by atoms with E-state index in [0.29, 0.717) is 0 Å². The Balaban J connectivity index is 3.39. The van der Waals surface area contributed by atoms with E-state index in [1.54, 1.807) is 0 Å². The lowest BCUT2D eigenvalue weighted by molar-refractivity contribution is 0.388. The number of ether oxygens (including phenoxy) is 1. The highest BCUT2D eigenvalue weighted by molar-refractivity contribution is 7.89. The lowest BCUT2D eigenvalue weighted by atomic mass is 10.3. The summed E-state index contributed by atoms with van der Waals surface area (Å²) in [5.41, 5.74) is 5.36. The molecule has 0 aliphatic heterocycles. The summed E-state index contributed by atoms with van der Waals surface area (Å²) in [6.07, 6.45) is 0. The third-order valence-electron chi connectivity index (χ3n) is 1.83. The molecule has 0 fully saturated rings. The molecule has 0 aromatic heterocycles. The molecule has 0 unspecified atom stereocenters. The number of hydrogen-bond acceptors (Lipinski definition) is 4. The van der Waals surface area contributed by atoms with Crippen LogP contribution in [0.2, 0.25) is 0 Å². The second kappa shape index (κ2) is 4.03. The van der Waals surface area contributed by atoms with Gasteiger partial charge >= 0.3 is 0 Å². The molecule has 0 atom stereocenters. The monoisotopic (exact) mass is 234 g/mol. The predicted molar refractivity (Wildman–Crippen MR) is 53.6 cm³/mol. The van der Waals surface area contributed by atoms with E-state index in [9.17, 15) is 12.8 Å². The summed E-state index contributed by atoms with van der Waals surface area (Å²) >= 11 is 0. The molecule has 3 N–H and O–H groups in total. The molecule has 1 rings (SSSR count). The number of rotatable bonds is 3. The summed E-state index contributed by atoms with van der Waals surface area (Å²) in [5, 5.41) is 0. The lowest BCUT2D eigenvalue weighted by Crippen LogP contribution is -2.19. The summed E-state index contributed by atoms with van der Waals surface area (Å²) in [5.74, 6) is -0.976. The van der Waals surface area contributed by atoms with E-state index in [2.05, 4.69) is 9.46 Å². The molecule has 1 aromatic carbocycles. The number of nitrogens with one attached hydrogen (secondary N) is 1. The maximum absolute atomic E-state index is 13.3. The third kappa shape index (κ3) is 2.18. The lowest BCUT2D eigenvalue weighted by Gasteiger charge is -2.08. The molecule has 0 amide bonds. The van der Waals surface area contributed by atoms with Crippen LogP contribution in [-0.4, -0.2) is 22.6 Å². The number of anilines is 1. The quantitative estimate of drug-likeness (QED) is 0.738. The van der Waals surface area contributed by atoms with Gasteiger partial charge in [-0.05, 0) is 19.2 Å². The first-order valence-electron chi connectivity index (χ1n) is 3.99. The third-order valence-corrected chi connectivity index (χ3v) is 3.22. The van der Waals surface area contributed by atoms with Gasteiger partial charge in [-0.25, -0.2) is 17.5 Å². The molecular weight excluding hydrogens is 223 g/mol. The van der Waals surface area contributed by atoms with Crippen molar-refractivity contribution in [2.75, 3.05) is 19.9 Å². The zero-order chi connectivity index (χ0) is 11.6. The second-order valence-corrected chi connectivity index (χ2v) is 4.62. The molecule has 0 spiro atoms. The highest BCUT2D eigenvalue weighted by Gasteiger charge is 2.17. The van der Waals surface area contributed by atoms with Gasteiger partial charge in [0.05, 0.1) is 17.7 Å². The van der Waals surface area contributed by atoms with Gasteiger partial charge in [-0.3, -0.25) is 0 Å². The van der Waals surface area contributed by atoms with Gasteiger partial charge in [0.1, 0.15) is 0 Å². The maximum atomic E-state index is 13.3. The van der Waals surface area contributed by atoms with E-state index in [1.165, 1.54) is 14.2 Å². The molecule has 0 radical (unpaired) electrons. The Morgan fingerprint density at radius 2 is 2.07 bits per heavy atom. The first-order chi connectivity index (χ1) is 6.92. The van der Waals surface area contributed by atoms with Crippen LogP contribution in [0.3, 0.4) is 0 Å². The number of halogens is 1. The van der Waals surface area contributed by atoms with Crippen molar-refractivity contribution >= 4 is 15.7 Å². The SMILES string of the molecule is CNS(=O)(=O)c1cc(N)c(OC)c(F)c1. The van der Waals surface area contributed by atoms with Crippen LogP contribution in [-0.2, 0) is 10.0 Å². The Bertz CT molecular complexity index is 450. The molecule has 15 heavy (non-hydrogen) atoms. The van der Waals surface area contributed by atoms with Crippen molar-refractivity contribution in [1.82, 2.24) is 4.72 Å². The molecule has 0 aliphatic rings. The fraction of sp³-hybridized carbons (Fsp3) is 0.250.